The fourth-order valence-electron chi connectivity index (χ4n) is 2.61. The van der Waals surface area contributed by atoms with Gasteiger partial charge in [-0.1, -0.05) is 18.2 Å². The number of nitrogens with zero attached hydrogens (tertiary/aromatic N) is 2. The van der Waals surface area contributed by atoms with Crippen LogP contribution in [0.5, 0.6) is 0 Å². The van der Waals surface area contributed by atoms with Crippen LogP contribution in [-0.4, -0.2) is 23.0 Å². The van der Waals surface area contributed by atoms with Gasteiger partial charge in [0.05, 0.1) is 11.2 Å². The van der Waals surface area contributed by atoms with Gasteiger partial charge in [0.25, 0.3) is 0 Å². The summed E-state index contributed by atoms with van der Waals surface area (Å²) >= 11 is 0. The largest absolute Gasteiger partial charge is 0.298 e. The standard InChI is InChI=1S/C16H20N2/c1-11-5-4-6-15-12(2)9-13(17-16(11)15)10-18(3)14-7-8-14/h4-6,9,14H,7-8,10H2,1-3H3. The van der Waals surface area contributed by atoms with Crippen LogP contribution < -0.4 is 0 Å². The topological polar surface area (TPSA) is 16.1 Å². The summed E-state index contributed by atoms with van der Waals surface area (Å²) in [6.45, 7) is 5.29. The summed E-state index contributed by atoms with van der Waals surface area (Å²) in [7, 11) is 2.21. The molecule has 1 saturated carbocycles. The molecule has 1 aliphatic rings. The minimum Gasteiger partial charge on any atom is -0.298 e. The molecule has 1 aromatic heterocycles. The minimum atomic E-state index is 0.791. The van der Waals surface area contributed by atoms with E-state index in [4.69, 9.17) is 4.98 Å². The summed E-state index contributed by atoms with van der Waals surface area (Å²) in [6.07, 6.45) is 2.70. The number of aryl methyl sites for hydroxylation is 2. The van der Waals surface area contributed by atoms with E-state index in [0.717, 1.165) is 18.1 Å². The van der Waals surface area contributed by atoms with Crippen molar-refractivity contribution in [3.8, 4) is 0 Å². The van der Waals surface area contributed by atoms with Crippen LogP contribution in [0.2, 0.25) is 0 Å². The molecular weight excluding hydrogens is 220 g/mol. The number of rotatable bonds is 3. The average Bonchev–Trinajstić information content (AvgIpc) is 3.14. The van der Waals surface area contributed by atoms with Gasteiger partial charge < -0.3 is 0 Å². The van der Waals surface area contributed by atoms with Crippen LogP contribution in [0, 0.1) is 13.8 Å². The normalized spacial score (nSPS) is 15.6. The Morgan fingerprint density at radius 2 is 2.00 bits per heavy atom. The lowest BCUT2D eigenvalue weighted by Gasteiger charge is -2.16. The van der Waals surface area contributed by atoms with E-state index >= 15 is 0 Å². The van der Waals surface area contributed by atoms with E-state index in [1.165, 1.54) is 35.0 Å². The van der Waals surface area contributed by atoms with Crippen molar-refractivity contribution in [3.63, 3.8) is 0 Å². The minimum absolute atomic E-state index is 0.791. The molecule has 0 spiro atoms. The van der Waals surface area contributed by atoms with Crippen LogP contribution in [0.25, 0.3) is 10.9 Å². The van der Waals surface area contributed by atoms with E-state index in [1.807, 2.05) is 0 Å². The number of fused-ring (bicyclic) bond motifs is 1. The van der Waals surface area contributed by atoms with Crippen LogP contribution in [0.4, 0.5) is 0 Å². The zero-order valence-corrected chi connectivity index (χ0v) is 11.4. The molecule has 0 amide bonds. The van der Waals surface area contributed by atoms with Crippen molar-refractivity contribution in [3.05, 3.63) is 41.1 Å². The van der Waals surface area contributed by atoms with Gasteiger partial charge in [-0.2, -0.15) is 0 Å². The summed E-state index contributed by atoms with van der Waals surface area (Å²) < 4.78 is 0. The molecule has 1 heterocycles. The molecule has 0 N–H and O–H groups in total. The summed E-state index contributed by atoms with van der Waals surface area (Å²) in [6, 6.07) is 9.45. The first-order valence-electron chi connectivity index (χ1n) is 6.71. The molecule has 1 aliphatic carbocycles. The highest BCUT2D eigenvalue weighted by atomic mass is 15.2. The quantitative estimate of drug-likeness (QED) is 0.817. The molecule has 94 valence electrons. The number of pyridine rings is 1. The molecule has 2 heteroatoms. The molecule has 0 atom stereocenters. The number of hydrogen-bond donors (Lipinski definition) is 0. The van der Waals surface area contributed by atoms with Crippen molar-refractivity contribution in [2.45, 2.75) is 39.3 Å². The Balaban J connectivity index is 2.00. The van der Waals surface area contributed by atoms with Gasteiger partial charge in [-0.25, -0.2) is 0 Å². The first-order chi connectivity index (χ1) is 8.65. The van der Waals surface area contributed by atoms with Crippen LogP contribution in [0.15, 0.2) is 24.3 Å². The zero-order valence-electron chi connectivity index (χ0n) is 11.4. The van der Waals surface area contributed by atoms with E-state index in [1.54, 1.807) is 0 Å². The average molecular weight is 240 g/mol. The molecule has 2 nitrogen and oxygen atoms in total. The highest BCUT2D eigenvalue weighted by molar-refractivity contribution is 5.84. The molecule has 0 radical (unpaired) electrons. The molecule has 2 aromatic rings. The first kappa shape index (κ1) is 11.7. The van der Waals surface area contributed by atoms with Crippen LogP contribution in [0.1, 0.15) is 29.7 Å². The monoisotopic (exact) mass is 240 g/mol. The predicted molar refractivity (Wildman–Crippen MR) is 75.7 cm³/mol. The molecule has 0 saturated heterocycles. The molecular formula is C16H20N2. The fourth-order valence-corrected chi connectivity index (χ4v) is 2.61. The number of benzene rings is 1. The van der Waals surface area contributed by atoms with Gasteiger partial charge in [0.2, 0.25) is 0 Å². The Hall–Kier alpha value is -1.41. The van der Waals surface area contributed by atoms with Crippen molar-refractivity contribution in [2.24, 2.45) is 0 Å². The highest BCUT2D eigenvalue weighted by Gasteiger charge is 2.26. The maximum Gasteiger partial charge on any atom is 0.0737 e. The van der Waals surface area contributed by atoms with Gasteiger partial charge in [-0.05, 0) is 50.9 Å². The van der Waals surface area contributed by atoms with E-state index in [-0.39, 0.29) is 0 Å². The summed E-state index contributed by atoms with van der Waals surface area (Å²) in [4.78, 5) is 7.27. The third-order valence-electron chi connectivity index (χ3n) is 3.88. The lowest BCUT2D eigenvalue weighted by molar-refractivity contribution is 0.313. The summed E-state index contributed by atoms with van der Waals surface area (Å²) in [5, 5.41) is 1.29. The fraction of sp³-hybridized carbons (Fsp3) is 0.438. The van der Waals surface area contributed by atoms with Gasteiger partial charge in [0.15, 0.2) is 0 Å². The molecule has 18 heavy (non-hydrogen) atoms. The summed E-state index contributed by atoms with van der Waals surface area (Å²) in [5.74, 6) is 0. The van der Waals surface area contributed by atoms with E-state index in [2.05, 4.69) is 50.1 Å². The van der Waals surface area contributed by atoms with Crippen molar-refractivity contribution in [2.75, 3.05) is 7.05 Å². The van der Waals surface area contributed by atoms with E-state index in [9.17, 15) is 0 Å². The first-order valence-corrected chi connectivity index (χ1v) is 6.71. The Kier molecular flexibility index (Phi) is 2.83. The van der Waals surface area contributed by atoms with Gasteiger partial charge >= 0.3 is 0 Å². The Labute approximate surface area is 109 Å². The maximum atomic E-state index is 4.84. The van der Waals surface area contributed by atoms with E-state index in [0.29, 0.717) is 0 Å². The second-order valence-corrected chi connectivity index (χ2v) is 5.55. The van der Waals surface area contributed by atoms with Crippen molar-refractivity contribution in [1.82, 2.24) is 9.88 Å². The predicted octanol–water partition coefficient (Wildman–Crippen LogP) is 3.45. The van der Waals surface area contributed by atoms with Gasteiger partial charge in [-0.15, -0.1) is 0 Å². The van der Waals surface area contributed by atoms with E-state index < -0.39 is 0 Å². The zero-order chi connectivity index (χ0) is 12.7. The number of para-hydroxylation sites is 1. The molecule has 0 bridgehead atoms. The Morgan fingerprint density at radius 1 is 1.22 bits per heavy atom. The Bertz CT molecular complexity index is 585. The lowest BCUT2D eigenvalue weighted by atomic mass is 10.1. The number of hydrogen-bond acceptors (Lipinski definition) is 2. The third kappa shape index (κ3) is 2.13. The second-order valence-electron chi connectivity index (χ2n) is 5.55. The van der Waals surface area contributed by atoms with Gasteiger partial charge in [0.1, 0.15) is 0 Å². The molecule has 0 aliphatic heterocycles. The van der Waals surface area contributed by atoms with Crippen molar-refractivity contribution < 1.29 is 0 Å². The molecule has 0 unspecified atom stereocenters. The summed E-state index contributed by atoms with van der Waals surface area (Å²) in [5.41, 5.74) is 4.97. The smallest absolute Gasteiger partial charge is 0.0737 e. The Morgan fingerprint density at radius 3 is 2.72 bits per heavy atom. The highest BCUT2D eigenvalue weighted by Crippen LogP contribution is 2.27. The van der Waals surface area contributed by atoms with Crippen LogP contribution >= 0.6 is 0 Å². The van der Waals surface area contributed by atoms with Crippen LogP contribution in [0.3, 0.4) is 0 Å². The molecule has 3 rings (SSSR count). The lowest BCUT2D eigenvalue weighted by Crippen LogP contribution is -2.20. The SMILES string of the molecule is Cc1cc(CN(C)C2CC2)nc2c(C)cccc12. The third-order valence-corrected chi connectivity index (χ3v) is 3.88. The number of aromatic nitrogens is 1. The van der Waals surface area contributed by atoms with Crippen molar-refractivity contribution in [1.29, 1.82) is 0 Å². The van der Waals surface area contributed by atoms with Crippen molar-refractivity contribution >= 4 is 10.9 Å². The molecule has 1 fully saturated rings. The van der Waals surface area contributed by atoms with Gasteiger partial charge in [-0.3, -0.25) is 9.88 Å². The second kappa shape index (κ2) is 4.36. The van der Waals surface area contributed by atoms with Gasteiger partial charge in [0, 0.05) is 18.0 Å². The molecule has 1 aromatic carbocycles. The maximum absolute atomic E-state index is 4.84. The van der Waals surface area contributed by atoms with Crippen LogP contribution in [-0.2, 0) is 6.54 Å².